The minimum atomic E-state index is 0.687. The SMILES string of the molecule is CCCCCC1(CNCC(C)C)CC2CCC1C2. The summed E-state index contributed by atoms with van der Waals surface area (Å²) in [5, 5.41) is 3.78. The van der Waals surface area contributed by atoms with Gasteiger partial charge in [-0.2, -0.15) is 0 Å². The highest BCUT2D eigenvalue weighted by atomic mass is 14.9. The molecule has 0 radical (unpaired) electrons. The summed E-state index contributed by atoms with van der Waals surface area (Å²) < 4.78 is 0. The number of rotatable bonds is 8. The molecule has 2 rings (SSSR count). The Balaban J connectivity index is 1.86. The van der Waals surface area contributed by atoms with Crippen LogP contribution < -0.4 is 5.32 Å². The molecule has 3 atom stereocenters. The highest BCUT2D eigenvalue weighted by Crippen LogP contribution is 2.57. The van der Waals surface area contributed by atoms with Crippen LogP contribution in [0, 0.1) is 23.2 Å². The Labute approximate surface area is 114 Å². The van der Waals surface area contributed by atoms with Crippen molar-refractivity contribution in [2.75, 3.05) is 13.1 Å². The van der Waals surface area contributed by atoms with Crippen molar-refractivity contribution in [3.8, 4) is 0 Å². The first-order valence-electron chi connectivity index (χ1n) is 8.37. The van der Waals surface area contributed by atoms with Crippen molar-refractivity contribution >= 4 is 0 Å². The summed E-state index contributed by atoms with van der Waals surface area (Å²) in [6.45, 7) is 9.46. The van der Waals surface area contributed by atoms with E-state index in [9.17, 15) is 0 Å². The van der Waals surface area contributed by atoms with Gasteiger partial charge < -0.3 is 5.32 Å². The average Bonchev–Trinajstić information content (AvgIpc) is 2.89. The topological polar surface area (TPSA) is 12.0 Å². The Bertz CT molecular complexity index is 248. The zero-order valence-corrected chi connectivity index (χ0v) is 12.8. The van der Waals surface area contributed by atoms with Crippen LogP contribution in [0.1, 0.15) is 72.1 Å². The molecular formula is C17H33N. The van der Waals surface area contributed by atoms with Gasteiger partial charge in [0.15, 0.2) is 0 Å². The standard InChI is InChI=1S/C17H33N/c1-4-5-6-9-17(13-18-12-14(2)3)11-15-7-8-16(17)10-15/h14-16,18H,4-13H2,1-3H3. The summed E-state index contributed by atoms with van der Waals surface area (Å²) >= 11 is 0. The van der Waals surface area contributed by atoms with E-state index in [1.165, 1.54) is 58.0 Å². The lowest BCUT2D eigenvalue weighted by Gasteiger charge is -2.38. The number of hydrogen-bond donors (Lipinski definition) is 1. The number of nitrogens with one attached hydrogen (secondary N) is 1. The molecule has 106 valence electrons. The van der Waals surface area contributed by atoms with E-state index in [1.807, 2.05) is 0 Å². The monoisotopic (exact) mass is 251 g/mol. The van der Waals surface area contributed by atoms with E-state index in [2.05, 4.69) is 26.1 Å². The van der Waals surface area contributed by atoms with Crippen LogP contribution in [0.15, 0.2) is 0 Å². The van der Waals surface area contributed by atoms with Crippen LogP contribution in [0.4, 0.5) is 0 Å². The van der Waals surface area contributed by atoms with Crippen LogP contribution >= 0.6 is 0 Å². The predicted octanol–water partition coefficient (Wildman–Crippen LogP) is 4.62. The first-order valence-corrected chi connectivity index (χ1v) is 8.37. The molecule has 18 heavy (non-hydrogen) atoms. The van der Waals surface area contributed by atoms with Gasteiger partial charge in [-0.3, -0.25) is 0 Å². The lowest BCUT2D eigenvalue weighted by atomic mass is 9.69. The zero-order chi connectivity index (χ0) is 13.0. The van der Waals surface area contributed by atoms with Gasteiger partial charge in [-0.15, -0.1) is 0 Å². The van der Waals surface area contributed by atoms with Gasteiger partial charge >= 0.3 is 0 Å². The third kappa shape index (κ3) is 3.29. The van der Waals surface area contributed by atoms with Gasteiger partial charge in [0.25, 0.3) is 0 Å². The first kappa shape index (κ1) is 14.4. The third-order valence-electron chi connectivity index (χ3n) is 5.41. The Kier molecular flexibility index (Phi) is 5.12. The lowest BCUT2D eigenvalue weighted by Crippen LogP contribution is -2.39. The van der Waals surface area contributed by atoms with Crippen molar-refractivity contribution in [2.24, 2.45) is 23.2 Å². The van der Waals surface area contributed by atoms with E-state index in [4.69, 9.17) is 0 Å². The van der Waals surface area contributed by atoms with Crippen LogP contribution in [0.5, 0.6) is 0 Å². The van der Waals surface area contributed by atoms with Gasteiger partial charge in [0.2, 0.25) is 0 Å². The van der Waals surface area contributed by atoms with E-state index in [1.54, 1.807) is 6.42 Å². The Morgan fingerprint density at radius 1 is 1.22 bits per heavy atom. The van der Waals surface area contributed by atoms with Gasteiger partial charge in [-0.1, -0.05) is 46.5 Å². The van der Waals surface area contributed by atoms with Gasteiger partial charge in [0, 0.05) is 6.54 Å². The summed E-state index contributed by atoms with van der Waals surface area (Å²) in [5.74, 6) is 2.92. The molecule has 1 heteroatoms. The molecule has 1 N–H and O–H groups in total. The Morgan fingerprint density at radius 3 is 2.61 bits per heavy atom. The molecule has 0 amide bonds. The largest absolute Gasteiger partial charge is 0.316 e. The average molecular weight is 251 g/mol. The second-order valence-corrected chi connectivity index (χ2v) is 7.42. The third-order valence-corrected chi connectivity index (χ3v) is 5.41. The van der Waals surface area contributed by atoms with Crippen molar-refractivity contribution in [3.05, 3.63) is 0 Å². The number of unbranched alkanes of at least 4 members (excludes halogenated alkanes) is 2. The second kappa shape index (κ2) is 6.41. The maximum absolute atomic E-state index is 3.78. The molecule has 2 fully saturated rings. The predicted molar refractivity (Wildman–Crippen MR) is 79.7 cm³/mol. The maximum Gasteiger partial charge on any atom is 0.00107 e. The van der Waals surface area contributed by atoms with Crippen LogP contribution in [0.2, 0.25) is 0 Å². The van der Waals surface area contributed by atoms with Crippen molar-refractivity contribution in [2.45, 2.75) is 72.1 Å². The van der Waals surface area contributed by atoms with E-state index in [0.29, 0.717) is 5.41 Å². The molecule has 1 nitrogen and oxygen atoms in total. The fourth-order valence-corrected chi connectivity index (χ4v) is 4.51. The first-order chi connectivity index (χ1) is 8.66. The number of hydrogen-bond acceptors (Lipinski definition) is 1. The molecule has 3 unspecified atom stereocenters. The van der Waals surface area contributed by atoms with Crippen molar-refractivity contribution < 1.29 is 0 Å². The van der Waals surface area contributed by atoms with Crippen LogP contribution in [0.25, 0.3) is 0 Å². The quantitative estimate of drug-likeness (QED) is 0.621. The van der Waals surface area contributed by atoms with Crippen molar-refractivity contribution in [1.82, 2.24) is 5.32 Å². The molecule has 0 aromatic carbocycles. The summed E-state index contributed by atoms with van der Waals surface area (Å²) in [5.41, 5.74) is 0.687. The van der Waals surface area contributed by atoms with Gasteiger partial charge in [-0.25, -0.2) is 0 Å². The van der Waals surface area contributed by atoms with Crippen LogP contribution in [0.3, 0.4) is 0 Å². The second-order valence-electron chi connectivity index (χ2n) is 7.42. The molecule has 2 bridgehead atoms. The minimum absolute atomic E-state index is 0.687. The fraction of sp³-hybridized carbons (Fsp3) is 1.00. The smallest absolute Gasteiger partial charge is 0.00107 e. The summed E-state index contributed by atoms with van der Waals surface area (Å²) in [6, 6.07) is 0. The van der Waals surface area contributed by atoms with E-state index >= 15 is 0 Å². The van der Waals surface area contributed by atoms with Crippen molar-refractivity contribution in [1.29, 1.82) is 0 Å². The van der Waals surface area contributed by atoms with E-state index < -0.39 is 0 Å². The van der Waals surface area contributed by atoms with Crippen LogP contribution in [-0.4, -0.2) is 13.1 Å². The highest BCUT2D eigenvalue weighted by molar-refractivity contribution is 5.01. The van der Waals surface area contributed by atoms with Gasteiger partial charge in [-0.05, 0) is 55.4 Å². The number of fused-ring (bicyclic) bond motifs is 2. The van der Waals surface area contributed by atoms with E-state index in [0.717, 1.165) is 17.8 Å². The fourth-order valence-electron chi connectivity index (χ4n) is 4.51. The molecule has 0 saturated heterocycles. The van der Waals surface area contributed by atoms with Gasteiger partial charge in [0.1, 0.15) is 0 Å². The molecule has 2 aliphatic carbocycles. The van der Waals surface area contributed by atoms with E-state index in [-0.39, 0.29) is 0 Å². The molecule has 2 saturated carbocycles. The molecule has 0 heterocycles. The van der Waals surface area contributed by atoms with Crippen LogP contribution in [-0.2, 0) is 0 Å². The maximum atomic E-state index is 3.78. The lowest BCUT2D eigenvalue weighted by molar-refractivity contribution is 0.137. The van der Waals surface area contributed by atoms with Crippen molar-refractivity contribution in [3.63, 3.8) is 0 Å². The molecule has 0 aromatic rings. The molecule has 0 aromatic heterocycles. The molecule has 2 aliphatic rings. The summed E-state index contributed by atoms with van der Waals surface area (Å²) in [4.78, 5) is 0. The van der Waals surface area contributed by atoms with Gasteiger partial charge in [0.05, 0.1) is 0 Å². The molecule has 0 aliphatic heterocycles. The molecule has 0 spiro atoms. The summed E-state index contributed by atoms with van der Waals surface area (Å²) in [7, 11) is 0. The summed E-state index contributed by atoms with van der Waals surface area (Å²) in [6.07, 6.45) is 11.9. The minimum Gasteiger partial charge on any atom is -0.316 e. The highest BCUT2D eigenvalue weighted by Gasteiger charge is 2.49. The Hall–Kier alpha value is -0.0400. The molecular weight excluding hydrogens is 218 g/mol. The zero-order valence-electron chi connectivity index (χ0n) is 12.8. The Morgan fingerprint density at radius 2 is 2.06 bits per heavy atom. The normalized spacial score (nSPS) is 34.7.